The summed E-state index contributed by atoms with van der Waals surface area (Å²) in [6.07, 6.45) is 8.76. The lowest BCUT2D eigenvalue weighted by Gasteiger charge is -2.25. The van der Waals surface area contributed by atoms with Crippen LogP contribution in [0, 0.1) is 5.92 Å². The smallest absolute Gasteiger partial charge is 0.354 e. The van der Waals surface area contributed by atoms with E-state index < -0.39 is 5.97 Å². The van der Waals surface area contributed by atoms with Crippen LogP contribution in [0.4, 0.5) is 0 Å². The standard InChI is InChI=1S/C20H25NO5.C8H18N2/c1-24-10-11-25-18-12-16(20(22)23)21-19-15(18)8-5-9-17(19)26-13-14-6-3-2-4-7-14;1-7(2)10-8-3-5-9-6-4-8/h5,8-9,12,14H,2-4,6-7,10-11,13H2,1H3,(H,22,23);7-10H,3-6H2,1-2H3. The van der Waals surface area contributed by atoms with Crippen LogP contribution in [0.5, 0.6) is 11.5 Å². The average molecular weight is 502 g/mol. The number of carboxylic acids is 1. The van der Waals surface area contributed by atoms with Crippen molar-refractivity contribution >= 4 is 16.9 Å². The Balaban J connectivity index is 0.000000303. The number of pyridine rings is 1. The quantitative estimate of drug-likeness (QED) is 0.404. The van der Waals surface area contributed by atoms with E-state index in [-0.39, 0.29) is 5.69 Å². The van der Waals surface area contributed by atoms with Gasteiger partial charge in [0, 0.05) is 30.6 Å². The van der Waals surface area contributed by atoms with Gasteiger partial charge in [-0.2, -0.15) is 0 Å². The number of benzene rings is 1. The number of hydrogen-bond acceptors (Lipinski definition) is 7. The van der Waals surface area contributed by atoms with Gasteiger partial charge in [-0.25, -0.2) is 9.78 Å². The predicted octanol–water partition coefficient (Wildman–Crippen LogP) is 4.65. The second-order valence-electron chi connectivity index (χ2n) is 9.97. The molecule has 1 aliphatic heterocycles. The van der Waals surface area contributed by atoms with E-state index in [1.54, 1.807) is 7.11 Å². The third kappa shape index (κ3) is 8.91. The minimum Gasteiger partial charge on any atom is -0.491 e. The Labute approximate surface area is 215 Å². The molecule has 2 aliphatic rings. The molecule has 0 unspecified atom stereocenters. The van der Waals surface area contributed by atoms with E-state index >= 15 is 0 Å². The second kappa shape index (κ2) is 15.0. The Morgan fingerprint density at radius 3 is 2.50 bits per heavy atom. The Morgan fingerprint density at radius 2 is 1.83 bits per heavy atom. The first-order chi connectivity index (χ1) is 17.5. The SMILES string of the molecule is CC(C)NC1CCNCC1.COCCOc1cc(C(=O)O)nc2c(OCC3CCCCC3)cccc12. The zero-order valence-corrected chi connectivity index (χ0v) is 22.1. The van der Waals surface area contributed by atoms with E-state index in [4.69, 9.17) is 14.2 Å². The molecule has 3 N–H and O–H groups in total. The summed E-state index contributed by atoms with van der Waals surface area (Å²) in [5.74, 6) is 0.546. The van der Waals surface area contributed by atoms with Crippen molar-refractivity contribution in [1.29, 1.82) is 0 Å². The lowest BCUT2D eigenvalue weighted by Crippen LogP contribution is -2.42. The van der Waals surface area contributed by atoms with Crippen LogP contribution in [0.1, 0.15) is 69.3 Å². The van der Waals surface area contributed by atoms with Gasteiger partial charge in [-0.05, 0) is 56.8 Å². The van der Waals surface area contributed by atoms with Crippen LogP contribution in [0.3, 0.4) is 0 Å². The first-order valence-electron chi connectivity index (χ1n) is 13.4. The molecule has 2 heterocycles. The number of methoxy groups -OCH3 is 1. The van der Waals surface area contributed by atoms with Crippen LogP contribution in [0.25, 0.3) is 10.9 Å². The number of rotatable bonds is 10. The molecule has 1 aromatic heterocycles. The van der Waals surface area contributed by atoms with E-state index in [2.05, 4.69) is 29.5 Å². The lowest BCUT2D eigenvalue weighted by atomic mass is 9.90. The molecule has 1 aromatic carbocycles. The number of nitrogens with one attached hydrogen (secondary N) is 2. The van der Waals surface area contributed by atoms with E-state index in [9.17, 15) is 9.90 Å². The Morgan fingerprint density at radius 1 is 1.08 bits per heavy atom. The maximum absolute atomic E-state index is 11.5. The molecule has 0 radical (unpaired) electrons. The van der Waals surface area contributed by atoms with Crippen molar-refractivity contribution in [2.75, 3.05) is 40.0 Å². The number of hydrogen-bond donors (Lipinski definition) is 3. The van der Waals surface area contributed by atoms with Gasteiger partial charge < -0.3 is 30.0 Å². The van der Waals surface area contributed by atoms with Crippen molar-refractivity contribution in [3.05, 3.63) is 30.0 Å². The van der Waals surface area contributed by atoms with E-state index in [1.165, 1.54) is 64.1 Å². The van der Waals surface area contributed by atoms with E-state index in [0.29, 0.717) is 48.8 Å². The summed E-state index contributed by atoms with van der Waals surface area (Å²) in [7, 11) is 1.59. The van der Waals surface area contributed by atoms with E-state index in [0.717, 1.165) is 11.4 Å². The van der Waals surface area contributed by atoms with Crippen molar-refractivity contribution in [2.45, 2.75) is 70.9 Å². The number of aromatic nitrogens is 1. The van der Waals surface area contributed by atoms with Crippen molar-refractivity contribution in [3.8, 4) is 11.5 Å². The fourth-order valence-electron chi connectivity index (χ4n) is 4.79. The Bertz CT molecular complexity index is 940. The molecule has 0 bridgehead atoms. The summed E-state index contributed by atoms with van der Waals surface area (Å²) < 4.78 is 16.8. The molecule has 1 saturated heterocycles. The van der Waals surface area contributed by atoms with Crippen LogP contribution >= 0.6 is 0 Å². The summed E-state index contributed by atoms with van der Waals surface area (Å²) >= 11 is 0. The minimum atomic E-state index is -1.09. The number of fused-ring (bicyclic) bond motifs is 1. The molecule has 2 fully saturated rings. The number of carbonyl (C=O) groups is 1. The van der Waals surface area contributed by atoms with Gasteiger partial charge in [0.25, 0.3) is 0 Å². The van der Waals surface area contributed by atoms with Gasteiger partial charge in [0.2, 0.25) is 0 Å². The number of nitrogens with zero attached hydrogens (tertiary/aromatic N) is 1. The molecule has 36 heavy (non-hydrogen) atoms. The van der Waals surface area contributed by atoms with Crippen LogP contribution in [0.2, 0.25) is 0 Å². The van der Waals surface area contributed by atoms with Crippen molar-refractivity contribution in [2.24, 2.45) is 5.92 Å². The molecule has 1 saturated carbocycles. The highest BCUT2D eigenvalue weighted by molar-refractivity contribution is 5.95. The lowest BCUT2D eigenvalue weighted by molar-refractivity contribution is 0.0690. The molecule has 1 aliphatic carbocycles. The number of aromatic carboxylic acids is 1. The summed E-state index contributed by atoms with van der Waals surface area (Å²) in [6, 6.07) is 8.44. The molecular weight excluding hydrogens is 458 g/mol. The molecule has 0 amide bonds. The first-order valence-corrected chi connectivity index (χ1v) is 13.4. The summed E-state index contributed by atoms with van der Waals surface area (Å²) in [5, 5.41) is 17.0. The molecule has 8 heteroatoms. The first kappa shape index (κ1) is 28.2. The number of ether oxygens (including phenoxy) is 3. The van der Waals surface area contributed by atoms with Gasteiger partial charge in [-0.3, -0.25) is 0 Å². The van der Waals surface area contributed by atoms with Crippen LogP contribution in [-0.4, -0.2) is 68.2 Å². The maximum atomic E-state index is 11.5. The van der Waals surface area contributed by atoms with Gasteiger partial charge in [-0.1, -0.05) is 39.2 Å². The molecule has 0 spiro atoms. The third-order valence-corrected chi connectivity index (χ3v) is 6.64. The molecule has 200 valence electrons. The van der Waals surface area contributed by atoms with Gasteiger partial charge in [0.15, 0.2) is 5.69 Å². The van der Waals surface area contributed by atoms with Gasteiger partial charge >= 0.3 is 5.97 Å². The van der Waals surface area contributed by atoms with Crippen LogP contribution in [-0.2, 0) is 4.74 Å². The highest BCUT2D eigenvalue weighted by atomic mass is 16.5. The zero-order valence-electron chi connectivity index (χ0n) is 22.1. The molecule has 8 nitrogen and oxygen atoms in total. The van der Waals surface area contributed by atoms with Gasteiger partial charge in [0.1, 0.15) is 23.6 Å². The monoisotopic (exact) mass is 501 g/mol. The number of piperidine rings is 1. The fraction of sp³-hybridized carbons (Fsp3) is 0.643. The molecule has 4 rings (SSSR count). The van der Waals surface area contributed by atoms with Crippen LogP contribution in [0.15, 0.2) is 24.3 Å². The molecular formula is C28H43N3O5. The summed E-state index contributed by atoms with van der Waals surface area (Å²) in [5.41, 5.74) is 0.467. The normalized spacial score (nSPS) is 17.0. The van der Waals surface area contributed by atoms with Gasteiger partial charge in [0.05, 0.1) is 13.2 Å². The largest absolute Gasteiger partial charge is 0.491 e. The minimum absolute atomic E-state index is 0.0568. The summed E-state index contributed by atoms with van der Waals surface area (Å²) in [4.78, 5) is 15.8. The Hall–Kier alpha value is -2.42. The zero-order chi connectivity index (χ0) is 25.8. The topological polar surface area (TPSA) is 102 Å². The molecule has 2 aromatic rings. The highest BCUT2D eigenvalue weighted by Gasteiger charge is 2.18. The highest BCUT2D eigenvalue weighted by Crippen LogP contribution is 2.33. The molecule has 0 atom stereocenters. The van der Waals surface area contributed by atoms with Crippen molar-refractivity contribution in [1.82, 2.24) is 15.6 Å². The summed E-state index contributed by atoms with van der Waals surface area (Å²) in [6.45, 7) is 8.18. The Kier molecular flexibility index (Phi) is 11.7. The van der Waals surface area contributed by atoms with Crippen LogP contribution < -0.4 is 20.1 Å². The van der Waals surface area contributed by atoms with E-state index in [1.807, 2.05) is 18.2 Å². The maximum Gasteiger partial charge on any atom is 0.354 e. The van der Waals surface area contributed by atoms with Crippen molar-refractivity contribution in [3.63, 3.8) is 0 Å². The number of carboxylic acid groups (broad SMARTS) is 1. The third-order valence-electron chi connectivity index (χ3n) is 6.64. The van der Waals surface area contributed by atoms with Crippen molar-refractivity contribution < 1.29 is 24.1 Å². The average Bonchev–Trinajstić information content (AvgIpc) is 2.88. The predicted molar refractivity (Wildman–Crippen MR) is 142 cm³/mol. The van der Waals surface area contributed by atoms with Gasteiger partial charge in [-0.15, -0.1) is 0 Å². The number of para-hydroxylation sites is 1. The second-order valence-corrected chi connectivity index (χ2v) is 9.97. The fourth-order valence-corrected chi connectivity index (χ4v) is 4.79.